The molecule has 0 spiro atoms. The molecule has 0 aromatic carbocycles. The first-order valence-electron chi connectivity index (χ1n) is 5.71. The highest BCUT2D eigenvalue weighted by atomic mass is 16.7. The summed E-state index contributed by atoms with van der Waals surface area (Å²) in [5.41, 5.74) is 3.04. The van der Waals surface area contributed by atoms with E-state index in [1.807, 2.05) is 24.0 Å². The Balaban J connectivity index is 1.60. The fourth-order valence-electron chi connectivity index (χ4n) is 1.98. The number of aromatic nitrogens is 2. The van der Waals surface area contributed by atoms with Crippen molar-refractivity contribution < 1.29 is 4.84 Å². The Morgan fingerprint density at radius 3 is 3.00 bits per heavy atom. The first-order valence-corrected chi connectivity index (χ1v) is 5.71. The van der Waals surface area contributed by atoms with E-state index in [-0.39, 0.29) is 0 Å². The largest absolute Gasteiger partial charge is 0.338 e. The van der Waals surface area contributed by atoms with Crippen molar-refractivity contribution in [2.45, 2.75) is 38.2 Å². The number of imidazole rings is 1. The van der Waals surface area contributed by atoms with Gasteiger partial charge in [0.1, 0.15) is 5.82 Å². The highest BCUT2D eigenvalue weighted by Gasteiger charge is 2.15. The molecule has 0 aliphatic heterocycles. The van der Waals surface area contributed by atoms with Crippen molar-refractivity contribution in [3.63, 3.8) is 0 Å². The van der Waals surface area contributed by atoms with E-state index >= 15 is 0 Å². The predicted molar refractivity (Wildman–Crippen MR) is 58.3 cm³/mol. The van der Waals surface area contributed by atoms with Crippen LogP contribution in [0.5, 0.6) is 0 Å². The maximum Gasteiger partial charge on any atom is 0.109 e. The predicted octanol–water partition coefficient (Wildman–Crippen LogP) is 1.43. The van der Waals surface area contributed by atoms with Gasteiger partial charge in [-0.2, -0.15) is 0 Å². The second-order valence-electron chi connectivity index (χ2n) is 4.12. The van der Waals surface area contributed by atoms with E-state index < -0.39 is 0 Å². The average Bonchev–Trinajstić information content (AvgIpc) is 2.85. The maximum atomic E-state index is 5.55. The zero-order chi connectivity index (χ0) is 10.5. The van der Waals surface area contributed by atoms with Crippen molar-refractivity contribution in [3.8, 4) is 0 Å². The highest BCUT2D eigenvalue weighted by Crippen LogP contribution is 2.19. The molecule has 4 heteroatoms. The minimum Gasteiger partial charge on any atom is -0.338 e. The zero-order valence-electron chi connectivity index (χ0n) is 9.28. The van der Waals surface area contributed by atoms with E-state index in [0.717, 1.165) is 18.8 Å². The summed E-state index contributed by atoms with van der Waals surface area (Å²) in [5.74, 6) is 1.09. The third kappa shape index (κ3) is 3.04. The SMILES string of the molecule is Cn1ccnc1CCNOC1CCCC1. The lowest BCUT2D eigenvalue weighted by Gasteiger charge is -2.11. The molecule has 1 aliphatic carbocycles. The van der Waals surface area contributed by atoms with Gasteiger partial charge in [0, 0.05) is 32.4 Å². The van der Waals surface area contributed by atoms with Crippen LogP contribution in [0.25, 0.3) is 0 Å². The fourth-order valence-corrected chi connectivity index (χ4v) is 1.98. The molecule has 0 atom stereocenters. The summed E-state index contributed by atoms with van der Waals surface area (Å²) >= 11 is 0. The third-order valence-electron chi connectivity index (χ3n) is 2.92. The summed E-state index contributed by atoms with van der Waals surface area (Å²) < 4.78 is 2.04. The second-order valence-corrected chi connectivity index (χ2v) is 4.12. The molecule has 84 valence electrons. The van der Waals surface area contributed by atoms with Crippen LogP contribution in [0.2, 0.25) is 0 Å². The third-order valence-corrected chi connectivity index (χ3v) is 2.92. The molecule has 1 saturated carbocycles. The summed E-state index contributed by atoms with van der Waals surface area (Å²) in [6, 6.07) is 0. The van der Waals surface area contributed by atoms with Gasteiger partial charge in [0.05, 0.1) is 6.10 Å². The zero-order valence-corrected chi connectivity index (χ0v) is 9.28. The molecule has 0 bridgehead atoms. The van der Waals surface area contributed by atoms with Gasteiger partial charge >= 0.3 is 0 Å². The van der Waals surface area contributed by atoms with Crippen molar-refractivity contribution in [3.05, 3.63) is 18.2 Å². The van der Waals surface area contributed by atoms with Crippen LogP contribution in [0.3, 0.4) is 0 Å². The van der Waals surface area contributed by atoms with Gasteiger partial charge in [-0.25, -0.2) is 10.5 Å². The number of nitrogens with one attached hydrogen (secondary N) is 1. The molecule has 4 nitrogen and oxygen atoms in total. The summed E-state index contributed by atoms with van der Waals surface area (Å²) in [7, 11) is 2.01. The van der Waals surface area contributed by atoms with E-state index in [2.05, 4.69) is 10.5 Å². The monoisotopic (exact) mass is 209 g/mol. The minimum absolute atomic E-state index is 0.436. The number of aryl methyl sites for hydroxylation is 1. The van der Waals surface area contributed by atoms with Crippen LogP contribution in [0, 0.1) is 0 Å². The van der Waals surface area contributed by atoms with E-state index in [4.69, 9.17) is 4.84 Å². The molecule has 2 rings (SSSR count). The highest BCUT2D eigenvalue weighted by molar-refractivity contribution is 4.91. The van der Waals surface area contributed by atoms with E-state index in [9.17, 15) is 0 Å². The van der Waals surface area contributed by atoms with Gasteiger partial charge in [0.15, 0.2) is 0 Å². The average molecular weight is 209 g/mol. The van der Waals surface area contributed by atoms with Crippen LogP contribution in [0.1, 0.15) is 31.5 Å². The summed E-state index contributed by atoms with van der Waals surface area (Å²) in [5, 5.41) is 0. The topological polar surface area (TPSA) is 39.1 Å². The Kier molecular flexibility index (Phi) is 3.75. The smallest absolute Gasteiger partial charge is 0.109 e. The minimum atomic E-state index is 0.436. The van der Waals surface area contributed by atoms with Crippen LogP contribution in [0.4, 0.5) is 0 Å². The molecule has 1 aliphatic rings. The van der Waals surface area contributed by atoms with E-state index in [0.29, 0.717) is 6.10 Å². The Morgan fingerprint density at radius 2 is 2.33 bits per heavy atom. The molecule has 0 saturated heterocycles. The number of rotatable bonds is 5. The van der Waals surface area contributed by atoms with Crippen molar-refractivity contribution in [2.75, 3.05) is 6.54 Å². The summed E-state index contributed by atoms with van der Waals surface area (Å²) in [6.07, 6.45) is 10.2. The molecular formula is C11H19N3O. The van der Waals surface area contributed by atoms with Crippen LogP contribution in [-0.4, -0.2) is 22.2 Å². The van der Waals surface area contributed by atoms with Gasteiger partial charge in [-0.1, -0.05) is 12.8 Å². The maximum absolute atomic E-state index is 5.55. The number of nitrogens with zero attached hydrogens (tertiary/aromatic N) is 2. The first-order chi connectivity index (χ1) is 7.36. The van der Waals surface area contributed by atoms with Gasteiger partial charge < -0.3 is 4.57 Å². The number of hydrogen-bond acceptors (Lipinski definition) is 3. The van der Waals surface area contributed by atoms with Crippen molar-refractivity contribution in [2.24, 2.45) is 7.05 Å². The second kappa shape index (κ2) is 5.28. The molecule has 0 amide bonds. The van der Waals surface area contributed by atoms with Crippen LogP contribution in [0.15, 0.2) is 12.4 Å². The number of hydroxylamine groups is 1. The normalized spacial score (nSPS) is 17.4. The van der Waals surface area contributed by atoms with Crippen molar-refractivity contribution in [1.29, 1.82) is 0 Å². The molecule has 15 heavy (non-hydrogen) atoms. The molecule has 1 aromatic rings. The van der Waals surface area contributed by atoms with Crippen LogP contribution in [-0.2, 0) is 18.3 Å². The molecule has 1 fully saturated rings. The molecular weight excluding hydrogens is 190 g/mol. The van der Waals surface area contributed by atoms with Gasteiger partial charge in [-0.15, -0.1) is 0 Å². The fraction of sp³-hybridized carbons (Fsp3) is 0.727. The lowest BCUT2D eigenvalue weighted by molar-refractivity contribution is -0.0200. The lowest BCUT2D eigenvalue weighted by atomic mass is 10.3. The van der Waals surface area contributed by atoms with Crippen LogP contribution >= 0.6 is 0 Å². The van der Waals surface area contributed by atoms with Crippen molar-refractivity contribution >= 4 is 0 Å². The Hall–Kier alpha value is -0.870. The molecule has 1 N–H and O–H groups in total. The standard InChI is InChI=1S/C11H19N3O/c1-14-9-8-12-11(14)6-7-13-15-10-4-2-3-5-10/h8-10,13H,2-7H2,1H3. The van der Waals surface area contributed by atoms with E-state index in [1.54, 1.807) is 0 Å². The van der Waals surface area contributed by atoms with Gasteiger partial charge in [-0.3, -0.25) is 4.84 Å². The molecule has 0 unspecified atom stereocenters. The van der Waals surface area contributed by atoms with Gasteiger partial charge in [0.2, 0.25) is 0 Å². The first kappa shape index (κ1) is 10.6. The lowest BCUT2D eigenvalue weighted by Crippen LogP contribution is -2.24. The molecule has 1 heterocycles. The Bertz CT molecular complexity index is 292. The van der Waals surface area contributed by atoms with Gasteiger partial charge in [0.25, 0.3) is 0 Å². The quantitative estimate of drug-likeness (QED) is 0.589. The molecule has 0 radical (unpaired) electrons. The van der Waals surface area contributed by atoms with Gasteiger partial charge in [-0.05, 0) is 12.8 Å². The van der Waals surface area contributed by atoms with E-state index in [1.165, 1.54) is 25.7 Å². The number of hydrogen-bond donors (Lipinski definition) is 1. The Morgan fingerprint density at radius 1 is 1.53 bits per heavy atom. The Labute approximate surface area is 90.6 Å². The van der Waals surface area contributed by atoms with Crippen molar-refractivity contribution in [1.82, 2.24) is 15.0 Å². The summed E-state index contributed by atoms with van der Waals surface area (Å²) in [4.78, 5) is 9.81. The molecule has 1 aromatic heterocycles. The summed E-state index contributed by atoms with van der Waals surface area (Å²) in [6.45, 7) is 0.835. The van der Waals surface area contributed by atoms with Crippen LogP contribution < -0.4 is 5.48 Å².